The minimum Gasteiger partial charge on any atom is -0.162 e. The average molecular weight is 220 g/mol. The predicted molar refractivity (Wildman–Crippen MR) is 71.5 cm³/mol. The molecule has 82 valence electrons. The first-order valence-electron chi connectivity index (χ1n) is 5.66. The molecular weight excluding hydrogens is 200 g/mol. The number of hydrogen-bond donors (Lipinski definition) is 0. The molecule has 1 heteroatoms. The zero-order valence-corrected chi connectivity index (χ0v) is 10.1. The fraction of sp³-hybridized carbons (Fsp3) is 0.429. The summed E-state index contributed by atoms with van der Waals surface area (Å²) >= 11 is 2.06. The van der Waals surface area contributed by atoms with Gasteiger partial charge in [-0.2, -0.15) is 11.8 Å². The lowest BCUT2D eigenvalue weighted by Gasteiger charge is -2.01. The third-order valence-corrected chi connectivity index (χ3v) is 3.39. The first-order chi connectivity index (χ1) is 7.43. The second-order valence-electron chi connectivity index (χ2n) is 3.63. The van der Waals surface area contributed by atoms with E-state index in [0.29, 0.717) is 0 Å². The minimum atomic E-state index is 1.17. The lowest BCUT2D eigenvalue weighted by Crippen LogP contribution is -1.89. The Kier molecular flexibility index (Phi) is 7.10. The van der Waals surface area contributed by atoms with Gasteiger partial charge in [-0.05, 0) is 42.8 Å². The third-order valence-electron chi connectivity index (χ3n) is 2.32. The summed E-state index contributed by atoms with van der Waals surface area (Å²) in [5.41, 5.74) is 1.45. The van der Waals surface area contributed by atoms with Gasteiger partial charge in [0.2, 0.25) is 0 Å². The summed E-state index contributed by atoms with van der Waals surface area (Å²) in [5.74, 6) is 2.54. The number of aryl methyl sites for hydroxylation is 1. The van der Waals surface area contributed by atoms with Gasteiger partial charge in [-0.1, -0.05) is 36.4 Å². The normalized spacial score (nSPS) is 10.1. The van der Waals surface area contributed by atoms with Crippen molar-refractivity contribution in [2.75, 3.05) is 11.5 Å². The molecule has 1 rings (SSSR count). The maximum Gasteiger partial charge on any atom is -0.00270 e. The first kappa shape index (κ1) is 12.4. The van der Waals surface area contributed by atoms with Crippen molar-refractivity contribution >= 4 is 11.8 Å². The van der Waals surface area contributed by atoms with Gasteiger partial charge in [0.25, 0.3) is 0 Å². The molecule has 0 radical (unpaired) electrons. The fourth-order valence-corrected chi connectivity index (χ4v) is 2.42. The number of allylic oxidation sites excluding steroid dienone is 1. The highest BCUT2D eigenvalue weighted by atomic mass is 32.2. The average Bonchev–Trinajstić information content (AvgIpc) is 2.29. The Hall–Kier alpha value is -0.690. The van der Waals surface area contributed by atoms with Crippen molar-refractivity contribution in [3.05, 3.63) is 48.6 Å². The van der Waals surface area contributed by atoms with E-state index in [1.165, 1.54) is 42.8 Å². The fourth-order valence-electron chi connectivity index (χ4n) is 1.43. The van der Waals surface area contributed by atoms with Crippen LogP contribution in [0.3, 0.4) is 0 Å². The van der Waals surface area contributed by atoms with Crippen LogP contribution in [0.1, 0.15) is 24.8 Å². The van der Waals surface area contributed by atoms with Gasteiger partial charge in [-0.15, -0.1) is 6.58 Å². The molecule has 0 amide bonds. The molecular formula is C14H20S. The van der Waals surface area contributed by atoms with Crippen molar-refractivity contribution in [3.63, 3.8) is 0 Å². The summed E-state index contributed by atoms with van der Waals surface area (Å²) in [6.45, 7) is 3.73. The minimum absolute atomic E-state index is 1.17. The summed E-state index contributed by atoms with van der Waals surface area (Å²) in [7, 11) is 0. The first-order valence-corrected chi connectivity index (χ1v) is 6.81. The van der Waals surface area contributed by atoms with E-state index in [1.54, 1.807) is 0 Å². The van der Waals surface area contributed by atoms with Crippen LogP contribution in [0.2, 0.25) is 0 Å². The zero-order chi connectivity index (χ0) is 10.8. The van der Waals surface area contributed by atoms with Gasteiger partial charge in [0.1, 0.15) is 0 Å². The topological polar surface area (TPSA) is 0 Å². The molecule has 0 atom stereocenters. The van der Waals surface area contributed by atoms with Crippen LogP contribution in [-0.4, -0.2) is 11.5 Å². The third kappa shape index (κ3) is 6.40. The van der Waals surface area contributed by atoms with Gasteiger partial charge >= 0.3 is 0 Å². The molecule has 0 nitrogen and oxygen atoms in total. The van der Waals surface area contributed by atoms with Gasteiger partial charge in [0.05, 0.1) is 0 Å². The molecule has 0 aliphatic carbocycles. The molecule has 15 heavy (non-hydrogen) atoms. The van der Waals surface area contributed by atoms with E-state index >= 15 is 0 Å². The number of rotatable bonds is 8. The van der Waals surface area contributed by atoms with E-state index in [1.807, 2.05) is 6.08 Å². The standard InChI is InChI=1S/C14H20S/c1-2-3-4-8-12-15-13-11-14-9-6-5-7-10-14/h2,5-7,9-10H,1,3-4,8,11-13H2. The summed E-state index contributed by atoms with van der Waals surface area (Å²) < 4.78 is 0. The van der Waals surface area contributed by atoms with Crippen molar-refractivity contribution in [2.24, 2.45) is 0 Å². The Balaban J connectivity index is 1.95. The number of unbranched alkanes of at least 4 members (excludes halogenated alkanes) is 2. The quantitative estimate of drug-likeness (QED) is 0.464. The molecule has 0 saturated heterocycles. The largest absolute Gasteiger partial charge is 0.162 e. The Morgan fingerprint density at radius 1 is 1.07 bits per heavy atom. The van der Waals surface area contributed by atoms with E-state index in [0.717, 1.165) is 0 Å². The number of benzene rings is 1. The second-order valence-corrected chi connectivity index (χ2v) is 4.86. The summed E-state index contributed by atoms with van der Waals surface area (Å²) in [6.07, 6.45) is 6.99. The molecule has 0 N–H and O–H groups in total. The Labute approximate surface area is 97.8 Å². The molecule has 1 aromatic carbocycles. The van der Waals surface area contributed by atoms with Crippen LogP contribution in [-0.2, 0) is 6.42 Å². The Morgan fingerprint density at radius 2 is 1.87 bits per heavy atom. The van der Waals surface area contributed by atoms with Crippen LogP contribution < -0.4 is 0 Å². The smallest absolute Gasteiger partial charge is 0.00270 e. The van der Waals surface area contributed by atoms with Gasteiger partial charge in [0, 0.05) is 0 Å². The molecule has 0 unspecified atom stereocenters. The van der Waals surface area contributed by atoms with Crippen molar-refractivity contribution in [3.8, 4) is 0 Å². The summed E-state index contributed by atoms with van der Waals surface area (Å²) in [5, 5.41) is 0. The molecule has 0 aliphatic rings. The van der Waals surface area contributed by atoms with Crippen LogP contribution in [0, 0.1) is 0 Å². The van der Waals surface area contributed by atoms with E-state index in [9.17, 15) is 0 Å². The van der Waals surface area contributed by atoms with Crippen molar-refractivity contribution in [2.45, 2.75) is 25.7 Å². The summed E-state index contributed by atoms with van der Waals surface area (Å²) in [4.78, 5) is 0. The highest BCUT2D eigenvalue weighted by Gasteiger charge is 1.92. The highest BCUT2D eigenvalue weighted by molar-refractivity contribution is 7.99. The lowest BCUT2D eigenvalue weighted by atomic mass is 10.2. The molecule has 0 saturated carbocycles. The van der Waals surface area contributed by atoms with Crippen molar-refractivity contribution in [1.29, 1.82) is 0 Å². The highest BCUT2D eigenvalue weighted by Crippen LogP contribution is 2.09. The van der Waals surface area contributed by atoms with Gasteiger partial charge in [0.15, 0.2) is 0 Å². The van der Waals surface area contributed by atoms with Crippen LogP contribution in [0.25, 0.3) is 0 Å². The number of hydrogen-bond acceptors (Lipinski definition) is 1. The van der Waals surface area contributed by atoms with Crippen LogP contribution >= 0.6 is 11.8 Å². The Morgan fingerprint density at radius 3 is 2.60 bits per heavy atom. The van der Waals surface area contributed by atoms with Gasteiger partial charge < -0.3 is 0 Å². The molecule has 0 bridgehead atoms. The van der Waals surface area contributed by atoms with E-state index in [-0.39, 0.29) is 0 Å². The zero-order valence-electron chi connectivity index (χ0n) is 9.32. The Bertz CT molecular complexity index is 253. The molecule has 0 aliphatic heterocycles. The van der Waals surface area contributed by atoms with Crippen LogP contribution in [0.15, 0.2) is 43.0 Å². The van der Waals surface area contributed by atoms with Gasteiger partial charge in [-0.3, -0.25) is 0 Å². The lowest BCUT2D eigenvalue weighted by molar-refractivity contribution is 0.824. The predicted octanol–water partition coefficient (Wildman–Crippen LogP) is 4.32. The van der Waals surface area contributed by atoms with Crippen LogP contribution in [0.4, 0.5) is 0 Å². The van der Waals surface area contributed by atoms with Crippen molar-refractivity contribution < 1.29 is 0 Å². The molecule has 0 fully saturated rings. The maximum atomic E-state index is 3.73. The molecule has 1 aromatic rings. The van der Waals surface area contributed by atoms with Crippen LogP contribution in [0.5, 0.6) is 0 Å². The molecule has 0 spiro atoms. The number of thioether (sulfide) groups is 1. The van der Waals surface area contributed by atoms with E-state index < -0.39 is 0 Å². The van der Waals surface area contributed by atoms with Gasteiger partial charge in [-0.25, -0.2) is 0 Å². The summed E-state index contributed by atoms with van der Waals surface area (Å²) in [6, 6.07) is 10.7. The van der Waals surface area contributed by atoms with E-state index in [2.05, 4.69) is 48.7 Å². The SMILES string of the molecule is C=CCCCCSCCc1ccccc1. The monoisotopic (exact) mass is 220 g/mol. The second kappa shape index (κ2) is 8.60. The van der Waals surface area contributed by atoms with Crippen molar-refractivity contribution in [1.82, 2.24) is 0 Å². The molecule has 0 heterocycles. The van der Waals surface area contributed by atoms with E-state index in [4.69, 9.17) is 0 Å². The maximum absolute atomic E-state index is 3.73. The molecule has 0 aromatic heterocycles.